The van der Waals surface area contributed by atoms with Crippen LogP contribution in [0, 0.1) is 5.92 Å². The lowest BCUT2D eigenvalue weighted by Crippen LogP contribution is -2.51. The molecule has 6 heterocycles. The predicted molar refractivity (Wildman–Crippen MR) is 149 cm³/mol. The molecule has 3 aromatic rings. The van der Waals surface area contributed by atoms with Crippen molar-refractivity contribution < 1.29 is 14.6 Å². The van der Waals surface area contributed by atoms with Gasteiger partial charge >= 0.3 is 0 Å². The Morgan fingerprint density at radius 1 is 1.15 bits per heavy atom. The van der Waals surface area contributed by atoms with Crippen LogP contribution in [0.4, 0.5) is 17.3 Å². The first-order valence-corrected chi connectivity index (χ1v) is 14.0. The Bertz CT molecular complexity index is 1550. The quantitative estimate of drug-likeness (QED) is 0.504. The van der Waals surface area contributed by atoms with Crippen LogP contribution >= 0.6 is 0 Å². The van der Waals surface area contributed by atoms with Crippen LogP contribution in [-0.2, 0) is 36.3 Å². The number of carbonyl (C=O) groups excluding carboxylic acids is 1. The van der Waals surface area contributed by atoms with Gasteiger partial charge in [0.25, 0.3) is 11.5 Å². The van der Waals surface area contributed by atoms with Crippen molar-refractivity contribution in [2.45, 2.75) is 51.5 Å². The number of aliphatic hydroxyl groups is 1. The molecule has 3 aliphatic heterocycles. The van der Waals surface area contributed by atoms with E-state index in [2.05, 4.69) is 26.4 Å². The summed E-state index contributed by atoms with van der Waals surface area (Å²) >= 11 is 0. The number of pyridine rings is 2. The highest BCUT2D eigenvalue weighted by Gasteiger charge is 2.43. The van der Waals surface area contributed by atoms with Gasteiger partial charge in [-0.05, 0) is 36.5 Å². The molecule has 3 aromatic heterocycles. The fourth-order valence-corrected chi connectivity index (χ4v) is 6.71. The summed E-state index contributed by atoms with van der Waals surface area (Å²) in [5.41, 5.74) is 3.87. The minimum Gasteiger partial charge on any atom is -0.392 e. The normalized spacial score (nSPS) is 22.1. The SMILES string of the molecule is Cn1cc(-c2ccnc(N3CCN4C(=CC5CCCCC54)C3=O)c2CO)cc(Nc2cc3n(n2)CCOC3)c1=O. The fraction of sp³-hybridized carbons (Fsp3) is 0.448. The summed E-state index contributed by atoms with van der Waals surface area (Å²) in [6.07, 6.45) is 10.2. The number of piperazine rings is 1. The van der Waals surface area contributed by atoms with E-state index in [4.69, 9.17) is 4.74 Å². The smallest absolute Gasteiger partial charge is 0.275 e. The molecule has 4 aliphatic rings. The minimum atomic E-state index is -0.296. The van der Waals surface area contributed by atoms with Crippen molar-refractivity contribution in [2.24, 2.45) is 13.0 Å². The lowest BCUT2D eigenvalue weighted by molar-refractivity contribution is -0.118. The highest BCUT2D eigenvalue weighted by molar-refractivity contribution is 6.06. The molecule has 1 amide bonds. The van der Waals surface area contributed by atoms with E-state index in [9.17, 15) is 14.7 Å². The molecule has 0 bridgehead atoms. The fourth-order valence-electron chi connectivity index (χ4n) is 6.71. The molecule has 11 nitrogen and oxygen atoms in total. The highest BCUT2D eigenvalue weighted by atomic mass is 16.5. The van der Waals surface area contributed by atoms with Crippen LogP contribution in [0.3, 0.4) is 0 Å². The summed E-state index contributed by atoms with van der Waals surface area (Å²) in [4.78, 5) is 35.3. The second-order valence-corrected chi connectivity index (χ2v) is 11.0. The molecule has 2 N–H and O–H groups in total. The van der Waals surface area contributed by atoms with Gasteiger partial charge in [-0.3, -0.25) is 19.2 Å². The zero-order chi connectivity index (χ0) is 27.4. The molecule has 7 rings (SSSR count). The zero-order valence-corrected chi connectivity index (χ0v) is 22.5. The summed E-state index contributed by atoms with van der Waals surface area (Å²) in [6.45, 7) is 2.73. The van der Waals surface area contributed by atoms with Gasteiger partial charge in [0.2, 0.25) is 0 Å². The van der Waals surface area contributed by atoms with E-state index in [1.807, 2.05) is 16.8 Å². The number of nitrogens with zero attached hydrogens (tertiary/aromatic N) is 6. The van der Waals surface area contributed by atoms with Crippen molar-refractivity contribution in [3.05, 3.63) is 64.0 Å². The average Bonchev–Trinajstić information content (AvgIpc) is 3.56. The van der Waals surface area contributed by atoms with Gasteiger partial charge in [0.1, 0.15) is 11.5 Å². The predicted octanol–water partition coefficient (Wildman–Crippen LogP) is 2.51. The van der Waals surface area contributed by atoms with Gasteiger partial charge in [-0.2, -0.15) is 5.10 Å². The molecule has 40 heavy (non-hydrogen) atoms. The van der Waals surface area contributed by atoms with E-state index in [1.54, 1.807) is 30.4 Å². The molecule has 208 valence electrons. The Kier molecular flexibility index (Phi) is 6.20. The molecule has 2 fully saturated rings. The maximum Gasteiger partial charge on any atom is 0.275 e. The van der Waals surface area contributed by atoms with Gasteiger partial charge in [-0.25, -0.2) is 4.98 Å². The maximum absolute atomic E-state index is 13.7. The van der Waals surface area contributed by atoms with Gasteiger partial charge in [-0.1, -0.05) is 18.9 Å². The molecule has 0 spiro atoms. The summed E-state index contributed by atoms with van der Waals surface area (Å²) in [5.74, 6) is 1.41. The average molecular weight is 544 g/mol. The van der Waals surface area contributed by atoms with Gasteiger partial charge in [-0.15, -0.1) is 0 Å². The number of anilines is 3. The van der Waals surface area contributed by atoms with Gasteiger partial charge in [0, 0.05) is 55.8 Å². The number of fused-ring (bicyclic) bond motifs is 4. The summed E-state index contributed by atoms with van der Waals surface area (Å²) in [6, 6.07) is 5.89. The lowest BCUT2D eigenvalue weighted by Gasteiger charge is -2.40. The second-order valence-electron chi connectivity index (χ2n) is 11.0. The first-order valence-electron chi connectivity index (χ1n) is 14.0. The van der Waals surface area contributed by atoms with Crippen molar-refractivity contribution in [1.29, 1.82) is 0 Å². The van der Waals surface area contributed by atoms with Crippen molar-refractivity contribution >= 4 is 23.2 Å². The van der Waals surface area contributed by atoms with E-state index >= 15 is 0 Å². The van der Waals surface area contributed by atoms with E-state index in [0.717, 1.165) is 36.3 Å². The van der Waals surface area contributed by atoms with Crippen molar-refractivity contribution in [3.8, 4) is 11.1 Å². The van der Waals surface area contributed by atoms with Crippen LogP contribution < -0.4 is 15.8 Å². The Morgan fingerprint density at radius 2 is 2.02 bits per heavy atom. The molecule has 11 heteroatoms. The van der Waals surface area contributed by atoms with Crippen LogP contribution in [0.1, 0.15) is 36.9 Å². The van der Waals surface area contributed by atoms with Gasteiger partial charge < -0.3 is 24.6 Å². The number of amides is 1. The molecule has 2 unspecified atom stereocenters. The summed E-state index contributed by atoms with van der Waals surface area (Å²) in [7, 11) is 1.69. The molecule has 1 aliphatic carbocycles. The number of aliphatic hydroxyl groups excluding tert-OH is 1. The summed E-state index contributed by atoms with van der Waals surface area (Å²) < 4.78 is 8.89. The molecule has 1 saturated carbocycles. The molecular weight excluding hydrogens is 510 g/mol. The number of aryl methyl sites for hydroxylation is 1. The third-order valence-electron chi connectivity index (χ3n) is 8.66. The summed E-state index contributed by atoms with van der Waals surface area (Å²) in [5, 5.41) is 18.3. The first-order chi connectivity index (χ1) is 19.5. The molecule has 0 aromatic carbocycles. The first kappa shape index (κ1) is 25.0. The molecule has 1 saturated heterocycles. The second kappa shape index (κ2) is 9.90. The number of hydrogen-bond acceptors (Lipinski definition) is 8. The van der Waals surface area contributed by atoms with E-state index in [1.165, 1.54) is 17.4 Å². The Labute approximate surface area is 231 Å². The Balaban J connectivity index is 1.22. The number of hydrogen-bond donors (Lipinski definition) is 2. The van der Waals surface area contributed by atoms with Crippen LogP contribution in [0.15, 0.2) is 47.2 Å². The number of aromatic nitrogens is 4. The Hall–Kier alpha value is -3.96. The van der Waals surface area contributed by atoms with Crippen molar-refractivity contribution in [3.63, 3.8) is 0 Å². The van der Waals surface area contributed by atoms with Gasteiger partial charge in [0.05, 0.1) is 37.8 Å². The number of nitrogens with one attached hydrogen (secondary N) is 1. The number of carbonyl (C=O) groups is 1. The van der Waals surface area contributed by atoms with E-state index in [-0.39, 0.29) is 18.1 Å². The third kappa shape index (κ3) is 4.11. The highest BCUT2D eigenvalue weighted by Crippen LogP contribution is 2.41. The van der Waals surface area contributed by atoms with E-state index < -0.39 is 0 Å². The minimum absolute atomic E-state index is 0.0597. The zero-order valence-electron chi connectivity index (χ0n) is 22.5. The molecule has 2 atom stereocenters. The maximum atomic E-state index is 13.7. The van der Waals surface area contributed by atoms with Crippen molar-refractivity contribution in [1.82, 2.24) is 24.2 Å². The molecule has 0 radical (unpaired) electrons. The van der Waals surface area contributed by atoms with Crippen LogP contribution in [0.5, 0.6) is 0 Å². The largest absolute Gasteiger partial charge is 0.392 e. The van der Waals surface area contributed by atoms with E-state index in [0.29, 0.717) is 66.7 Å². The number of rotatable bonds is 5. The van der Waals surface area contributed by atoms with Crippen LogP contribution in [0.2, 0.25) is 0 Å². The van der Waals surface area contributed by atoms with Crippen molar-refractivity contribution in [2.75, 3.05) is 29.9 Å². The standard InChI is InChI=1S/C29H33N7O4/c1-33-15-19(12-23(28(33)38)31-26-14-20-17-40-11-10-36(20)32-26)21-6-7-30-27(22(21)16-37)35-9-8-34-24-5-3-2-4-18(24)13-25(34)29(35)39/h6-7,12-15,18,24,37H,2-5,8-11,16-17H2,1H3,(H,31,32). The lowest BCUT2D eigenvalue weighted by atomic mass is 9.86. The Morgan fingerprint density at radius 3 is 2.88 bits per heavy atom. The third-order valence-corrected chi connectivity index (χ3v) is 8.66. The molecular formula is C29H33N7O4. The van der Waals surface area contributed by atoms with Crippen LogP contribution in [0.25, 0.3) is 11.1 Å². The van der Waals surface area contributed by atoms with Crippen LogP contribution in [-0.4, -0.2) is 61.0 Å². The topological polar surface area (TPSA) is 118 Å². The number of ether oxygens (including phenoxy) is 1. The monoisotopic (exact) mass is 543 g/mol. The van der Waals surface area contributed by atoms with Gasteiger partial charge in [0.15, 0.2) is 5.82 Å².